The fraction of sp³-hybridized carbons (Fsp3) is 0.750. The number of nitrogens with two attached hydrogens (primary N) is 1. The number of carboxylic acid groups (broad SMARTS) is 1. The van der Waals surface area contributed by atoms with Crippen LogP contribution in [0.2, 0.25) is 0 Å². The highest BCUT2D eigenvalue weighted by molar-refractivity contribution is 14.1. The third-order valence-electron chi connectivity index (χ3n) is 0.823. The van der Waals surface area contributed by atoms with Crippen LogP contribution in [0.25, 0.3) is 0 Å². The number of hydrogen-bond acceptors (Lipinski definition) is 3. The maximum absolute atomic E-state index is 10.0. The lowest BCUT2D eigenvalue weighted by Crippen LogP contribution is -2.30. The van der Waals surface area contributed by atoms with Gasteiger partial charge in [-0.3, -0.25) is 4.79 Å². The van der Waals surface area contributed by atoms with Gasteiger partial charge < -0.3 is 13.9 Å². The lowest BCUT2D eigenvalue weighted by atomic mass is 10.2. The molecule has 0 aromatic heterocycles. The minimum Gasteiger partial charge on any atom is -0.480 e. The quantitative estimate of drug-likeness (QED) is 0.691. The Kier molecular flexibility index (Phi) is 5.02. The van der Waals surface area contributed by atoms with Crippen molar-refractivity contribution in [3.8, 4) is 0 Å². The zero-order valence-corrected chi connectivity index (χ0v) is 6.87. The van der Waals surface area contributed by atoms with Crippen LogP contribution in [-0.2, 0) is 7.86 Å². The monoisotopic (exact) mass is 245 g/mol. The van der Waals surface area contributed by atoms with Crippen LogP contribution in [0.4, 0.5) is 0 Å². The van der Waals surface area contributed by atoms with E-state index in [4.69, 9.17) is 10.8 Å². The molecular weight excluding hydrogens is 237 g/mol. The minimum atomic E-state index is -0.983. The fourth-order valence-electron chi connectivity index (χ4n) is 0.295. The Balaban J connectivity index is 3.27. The molecular formula is C4H8INO3. The summed E-state index contributed by atoms with van der Waals surface area (Å²) in [6, 6.07) is -0.792. The molecule has 0 fully saturated rings. The zero-order valence-electron chi connectivity index (χ0n) is 4.71. The number of carboxylic acids is 1. The second kappa shape index (κ2) is 4.95. The van der Waals surface area contributed by atoms with E-state index < -0.39 is 12.0 Å². The Morgan fingerprint density at radius 2 is 2.44 bits per heavy atom. The van der Waals surface area contributed by atoms with Crippen molar-refractivity contribution in [2.75, 3.05) is 6.61 Å². The van der Waals surface area contributed by atoms with Crippen molar-refractivity contribution in [3.05, 3.63) is 0 Å². The van der Waals surface area contributed by atoms with Gasteiger partial charge in [0.2, 0.25) is 0 Å². The van der Waals surface area contributed by atoms with Gasteiger partial charge in [0.05, 0.1) is 6.61 Å². The summed E-state index contributed by atoms with van der Waals surface area (Å²) < 4.78 is 4.59. The average Bonchev–Trinajstić information content (AvgIpc) is 1.82. The Morgan fingerprint density at radius 1 is 1.89 bits per heavy atom. The molecule has 4 nitrogen and oxygen atoms in total. The maximum Gasteiger partial charge on any atom is 0.320 e. The smallest absolute Gasteiger partial charge is 0.320 e. The highest BCUT2D eigenvalue weighted by Crippen LogP contribution is 1.92. The lowest BCUT2D eigenvalue weighted by Gasteiger charge is -2.01. The van der Waals surface area contributed by atoms with Crippen LogP contribution in [0.1, 0.15) is 6.42 Å². The Labute approximate surface area is 67.1 Å². The molecule has 3 N–H and O–H groups in total. The van der Waals surface area contributed by atoms with Gasteiger partial charge in [0.15, 0.2) is 0 Å². The molecule has 9 heavy (non-hydrogen) atoms. The molecule has 0 unspecified atom stereocenters. The summed E-state index contributed by atoms with van der Waals surface area (Å²) >= 11 is 1.70. The molecule has 1 atom stereocenters. The molecule has 0 radical (unpaired) electrons. The van der Waals surface area contributed by atoms with E-state index in [1.54, 1.807) is 23.0 Å². The molecule has 0 bridgehead atoms. The van der Waals surface area contributed by atoms with E-state index in [0.29, 0.717) is 13.0 Å². The predicted molar refractivity (Wildman–Crippen MR) is 40.2 cm³/mol. The zero-order chi connectivity index (χ0) is 7.28. The largest absolute Gasteiger partial charge is 0.480 e. The summed E-state index contributed by atoms with van der Waals surface area (Å²) in [6.45, 7) is 0.383. The van der Waals surface area contributed by atoms with Crippen molar-refractivity contribution in [1.29, 1.82) is 0 Å². The molecule has 0 spiro atoms. The lowest BCUT2D eigenvalue weighted by molar-refractivity contribution is -0.138. The van der Waals surface area contributed by atoms with Crippen molar-refractivity contribution in [1.82, 2.24) is 0 Å². The van der Waals surface area contributed by atoms with E-state index in [0.717, 1.165) is 0 Å². The van der Waals surface area contributed by atoms with Crippen molar-refractivity contribution in [2.24, 2.45) is 5.73 Å². The van der Waals surface area contributed by atoms with E-state index >= 15 is 0 Å². The first-order valence-corrected chi connectivity index (χ1v) is 3.28. The fourth-order valence-corrected chi connectivity index (χ4v) is 0.549. The van der Waals surface area contributed by atoms with Crippen molar-refractivity contribution >= 4 is 29.0 Å². The Morgan fingerprint density at radius 3 is 2.78 bits per heavy atom. The molecule has 0 aliphatic carbocycles. The van der Waals surface area contributed by atoms with Gasteiger partial charge in [-0.2, -0.15) is 0 Å². The summed E-state index contributed by atoms with van der Waals surface area (Å²) in [5.41, 5.74) is 5.12. The molecule has 5 heteroatoms. The van der Waals surface area contributed by atoms with Gasteiger partial charge in [-0.1, -0.05) is 0 Å². The standard InChI is InChI=1S/C4H8INO3/c5-9-2-1-3(6)4(7)8/h3H,1-2,6H2,(H,7,8)/t3-/m0/s1. The minimum absolute atomic E-state index is 0.359. The van der Waals surface area contributed by atoms with Crippen molar-refractivity contribution in [2.45, 2.75) is 12.5 Å². The topological polar surface area (TPSA) is 72.5 Å². The van der Waals surface area contributed by atoms with Crippen LogP contribution in [0.5, 0.6) is 0 Å². The third kappa shape index (κ3) is 4.61. The van der Waals surface area contributed by atoms with Gasteiger partial charge in [-0.25, -0.2) is 0 Å². The number of rotatable bonds is 4. The van der Waals surface area contributed by atoms with Crippen LogP contribution in [0.3, 0.4) is 0 Å². The Hall–Kier alpha value is 0.120. The molecule has 0 aliphatic rings. The van der Waals surface area contributed by atoms with Crippen LogP contribution in [0.15, 0.2) is 0 Å². The third-order valence-corrected chi connectivity index (χ3v) is 1.26. The van der Waals surface area contributed by atoms with E-state index in [-0.39, 0.29) is 0 Å². The molecule has 0 aromatic rings. The molecule has 0 aliphatic heterocycles. The number of hydrogen-bond donors (Lipinski definition) is 2. The van der Waals surface area contributed by atoms with E-state index in [2.05, 4.69) is 3.07 Å². The predicted octanol–water partition coefficient (Wildman–Crippen LogP) is 0.155. The van der Waals surface area contributed by atoms with Crippen LogP contribution in [-0.4, -0.2) is 23.7 Å². The highest BCUT2D eigenvalue weighted by atomic mass is 127. The van der Waals surface area contributed by atoms with Gasteiger partial charge in [-0.15, -0.1) is 0 Å². The molecule has 0 saturated heterocycles. The van der Waals surface area contributed by atoms with Gasteiger partial charge >= 0.3 is 5.97 Å². The summed E-state index contributed by atoms with van der Waals surface area (Å²) in [7, 11) is 0. The second-order valence-electron chi connectivity index (χ2n) is 1.55. The number of halogens is 1. The van der Waals surface area contributed by atoms with E-state index in [1.807, 2.05) is 0 Å². The SMILES string of the molecule is N[C@@H](CCOI)C(=O)O. The van der Waals surface area contributed by atoms with Crippen molar-refractivity contribution < 1.29 is 13.0 Å². The molecule has 0 saturated carbocycles. The molecule has 54 valence electrons. The van der Waals surface area contributed by atoms with Gasteiger partial charge in [0, 0.05) is 0 Å². The Bertz CT molecular complexity index is 97.8. The van der Waals surface area contributed by atoms with E-state index in [1.165, 1.54) is 0 Å². The second-order valence-corrected chi connectivity index (χ2v) is 2.17. The first-order chi connectivity index (χ1) is 4.18. The average molecular weight is 245 g/mol. The van der Waals surface area contributed by atoms with Gasteiger partial charge in [0.1, 0.15) is 29.0 Å². The molecule has 0 rings (SSSR count). The van der Waals surface area contributed by atoms with Crippen molar-refractivity contribution in [3.63, 3.8) is 0 Å². The van der Waals surface area contributed by atoms with Crippen LogP contribution in [0, 0.1) is 0 Å². The maximum atomic E-state index is 10.0. The summed E-state index contributed by atoms with van der Waals surface area (Å²) in [6.07, 6.45) is 0.359. The number of aliphatic carboxylic acids is 1. The normalized spacial score (nSPS) is 13.1. The molecule has 0 heterocycles. The molecule has 0 amide bonds. The molecule has 0 aromatic carbocycles. The summed E-state index contributed by atoms with van der Waals surface area (Å²) in [4.78, 5) is 10.0. The summed E-state index contributed by atoms with van der Waals surface area (Å²) in [5, 5.41) is 8.23. The summed E-state index contributed by atoms with van der Waals surface area (Å²) in [5.74, 6) is -0.983. The van der Waals surface area contributed by atoms with E-state index in [9.17, 15) is 4.79 Å². The first kappa shape index (κ1) is 9.12. The van der Waals surface area contributed by atoms with Crippen LogP contribution < -0.4 is 5.73 Å². The first-order valence-electron chi connectivity index (χ1n) is 2.40. The van der Waals surface area contributed by atoms with Gasteiger partial charge in [0.25, 0.3) is 0 Å². The van der Waals surface area contributed by atoms with Crippen LogP contribution >= 0.6 is 23.0 Å². The number of carbonyl (C=O) groups is 1. The highest BCUT2D eigenvalue weighted by Gasteiger charge is 2.09. The van der Waals surface area contributed by atoms with Gasteiger partial charge in [-0.05, 0) is 6.42 Å².